The average molecular weight is 907 g/mol. The fourth-order valence-corrected chi connectivity index (χ4v) is 11.0. The maximum atomic E-state index is 4.85. The standard InChI is InChI=1S/C68H62N2/c1-8-51(52-30-13-10-14-31-52)46-49(3)56-44-42-53(69-63-38-21-17-34-59(63)67(4,5)60-35-18-22-39-64(60)69)32-25-33-55(48(2)26-15-16-29-50-27-11-9-12-28-50)58-47-54(43-45-57(56)58)70-65-40-23-19-36-61(65)68(6,7)62-37-20-24-41-66(62)70/h8-31,33-47,53H,2,32H2,1,3-7H3/b26-15-,29-16+,33-25+,44-42+,49-46+,51-8+,57-56+,58-55+. The van der Waals surface area contributed by atoms with Gasteiger partial charge in [-0.05, 0) is 128 Å². The molecule has 344 valence electrons. The first kappa shape index (κ1) is 45.8. The summed E-state index contributed by atoms with van der Waals surface area (Å²) in [6, 6.07) is 64.1. The van der Waals surface area contributed by atoms with Crippen LogP contribution in [0.2, 0.25) is 0 Å². The number of hydrogen-bond donors (Lipinski definition) is 0. The van der Waals surface area contributed by atoms with Crippen molar-refractivity contribution >= 4 is 51.2 Å². The Morgan fingerprint density at radius 2 is 1.10 bits per heavy atom. The predicted octanol–water partition coefficient (Wildman–Crippen LogP) is 16.3. The highest BCUT2D eigenvalue weighted by Gasteiger charge is 2.38. The normalized spacial score (nSPS) is 19.7. The second kappa shape index (κ2) is 19.2. The molecule has 2 nitrogen and oxygen atoms in total. The molecule has 0 fully saturated rings. The van der Waals surface area contributed by atoms with E-state index < -0.39 is 0 Å². The molecule has 1 unspecified atom stereocenters. The Bertz CT molecular complexity index is 3340. The molecule has 0 bridgehead atoms. The number of anilines is 5. The van der Waals surface area contributed by atoms with E-state index in [0.717, 1.165) is 44.8 Å². The van der Waals surface area contributed by atoms with Gasteiger partial charge >= 0.3 is 0 Å². The topological polar surface area (TPSA) is 6.48 Å². The summed E-state index contributed by atoms with van der Waals surface area (Å²) in [4.78, 5) is 5.04. The third-order valence-electron chi connectivity index (χ3n) is 14.7. The summed E-state index contributed by atoms with van der Waals surface area (Å²) < 4.78 is 0. The molecule has 2 aliphatic heterocycles. The third-order valence-corrected chi connectivity index (χ3v) is 14.7. The number of para-hydroxylation sites is 4. The van der Waals surface area contributed by atoms with E-state index in [-0.39, 0.29) is 16.9 Å². The molecule has 0 aromatic heterocycles. The van der Waals surface area contributed by atoms with Gasteiger partial charge in [0.25, 0.3) is 0 Å². The lowest BCUT2D eigenvalue weighted by Crippen LogP contribution is -2.38. The lowest BCUT2D eigenvalue weighted by molar-refractivity contribution is 0.614. The van der Waals surface area contributed by atoms with Gasteiger partial charge in [0, 0.05) is 27.9 Å². The summed E-state index contributed by atoms with van der Waals surface area (Å²) in [5.74, 6) is 0. The Balaban J connectivity index is 1.24. The summed E-state index contributed by atoms with van der Waals surface area (Å²) in [6.45, 7) is 18.7. The number of nitrogens with zero attached hydrogens (tertiary/aromatic N) is 2. The summed E-state index contributed by atoms with van der Waals surface area (Å²) >= 11 is 0. The number of hydrogen-bond acceptors (Lipinski definition) is 2. The first-order valence-corrected chi connectivity index (χ1v) is 24.8. The Labute approximate surface area is 416 Å². The molecule has 7 aromatic rings. The lowest BCUT2D eigenvalue weighted by atomic mass is 9.73. The molecule has 10 rings (SSSR count). The van der Waals surface area contributed by atoms with Crippen molar-refractivity contribution in [2.24, 2.45) is 0 Å². The molecular weight excluding hydrogens is 845 g/mol. The van der Waals surface area contributed by atoms with Crippen LogP contribution in [0.25, 0.3) is 22.8 Å². The Hall–Kier alpha value is -7.94. The van der Waals surface area contributed by atoms with Crippen molar-refractivity contribution in [3.63, 3.8) is 0 Å². The van der Waals surface area contributed by atoms with Crippen LogP contribution < -0.4 is 20.2 Å². The smallest absolute Gasteiger partial charge is 0.0560 e. The van der Waals surface area contributed by atoms with Crippen LogP contribution >= 0.6 is 0 Å². The van der Waals surface area contributed by atoms with Gasteiger partial charge in [0.15, 0.2) is 0 Å². The van der Waals surface area contributed by atoms with Crippen LogP contribution in [0.1, 0.15) is 81.3 Å². The fourth-order valence-electron chi connectivity index (χ4n) is 11.0. The average Bonchev–Trinajstić information content (AvgIpc) is 3.39. The van der Waals surface area contributed by atoms with Gasteiger partial charge < -0.3 is 9.80 Å². The molecule has 0 spiro atoms. The molecule has 0 amide bonds. The Kier molecular flexibility index (Phi) is 12.6. The van der Waals surface area contributed by atoms with E-state index in [1.165, 1.54) is 61.7 Å². The van der Waals surface area contributed by atoms with E-state index in [0.29, 0.717) is 0 Å². The molecule has 0 N–H and O–H groups in total. The van der Waals surface area contributed by atoms with Crippen molar-refractivity contribution in [1.82, 2.24) is 0 Å². The number of fused-ring (bicyclic) bond motifs is 5. The summed E-state index contributed by atoms with van der Waals surface area (Å²) in [5.41, 5.74) is 18.8. The molecule has 1 aliphatic carbocycles. The monoisotopic (exact) mass is 906 g/mol. The van der Waals surface area contributed by atoms with E-state index in [1.54, 1.807) is 0 Å². The second-order valence-electron chi connectivity index (χ2n) is 19.7. The van der Waals surface area contributed by atoms with Crippen molar-refractivity contribution in [2.45, 2.75) is 64.8 Å². The highest BCUT2D eigenvalue weighted by molar-refractivity contribution is 5.89. The van der Waals surface area contributed by atoms with Gasteiger partial charge in [0.05, 0.1) is 17.4 Å². The molecule has 7 aromatic carbocycles. The van der Waals surface area contributed by atoms with Crippen molar-refractivity contribution < 1.29 is 0 Å². The van der Waals surface area contributed by atoms with Crippen LogP contribution in [0.5, 0.6) is 0 Å². The Morgan fingerprint density at radius 1 is 0.571 bits per heavy atom. The zero-order valence-electron chi connectivity index (χ0n) is 41.4. The number of allylic oxidation sites excluding steroid dienone is 10. The maximum absolute atomic E-state index is 4.85. The van der Waals surface area contributed by atoms with Crippen molar-refractivity contribution in [1.29, 1.82) is 0 Å². The quantitative estimate of drug-likeness (QED) is 0.133. The zero-order valence-corrected chi connectivity index (χ0v) is 41.4. The molecule has 3 aliphatic rings. The van der Waals surface area contributed by atoms with Gasteiger partial charge in [-0.2, -0.15) is 0 Å². The molecule has 1 atom stereocenters. The van der Waals surface area contributed by atoms with Crippen molar-refractivity contribution in [3.8, 4) is 0 Å². The van der Waals surface area contributed by atoms with E-state index >= 15 is 0 Å². The molecule has 0 radical (unpaired) electrons. The number of rotatable bonds is 9. The van der Waals surface area contributed by atoms with Crippen molar-refractivity contribution in [2.75, 3.05) is 9.80 Å². The molecule has 2 heterocycles. The van der Waals surface area contributed by atoms with Gasteiger partial charge in [0.1, 0.15) is 0 Å². The van der Waals surface area contributed by atoms with Gasteiger partial charge in [-0.1, -0.05) is 235 Å². The minimum absolute atomic E-state index is 0.00263. The summed E-state index contributed by atoms with van der Waals surface area (Å²) in [6.07, 6.45) is 23.5. The zero-order chi connectivity index (χ0) is 48.4. The fraction of sp³-hybridized carbons (Fsp3) is 0.147. The second-order valence-corrected chi connectivity index (χ2v) is 19.7. The van der Waals surface area contributed by atoms with Gasteiger partial charge in [-0.3, -0.25) is 0 Å². The third kappa shape index (κ3) is 8.49. The SMILES string of the molecule is C=C(/C=C\C=C\c1ccccc1)C1=c2/cc(N3c4ccccc4C(C)(C)c4ccccc43)cc/c2=C(\C(C)=C\C(=C/C)c2ccccc2)/C=C/C(N2c3ccccc3C(C)(C)c3ccccc32)C/C=C/1. The first-order valence-electron chi connectivity index (χ1n) is 24.8. The van der Waals surface area contributed by atoms with E-state index in [2.05, 4.69) is 288 Å². The van der Waals surface area contributed by atoms with Crippen molar-refractivity contribution in [3.05, 3.63) is 292 Å². The Morgan fingerprint density at radius 3 is 1.69 bits per heavy atom. The first-order chi connectivity index (χ1) is 34.1. The highest BCUT2D eigenvalue weighted by Crippen LogP contribution is 2.52. The van der Waals surface area contributed by atoms with E-state index in [1.807, 2.05) is 0 Å². The summed E-state index contributed by atoms with van der Waals surface area (Å²) in [7, 11) is 0. The van der Waals surface area contributed by atoms with Crippen LogP contribution in [0, 0.1) is 0 Å². The van der Waals surface area contributed by atoms with Gasteiger partial charge in [-0.15, -0.1) is 0 Å². The summed E-state index contributed by atoms with van der Waals surface area (Å²) in [5, 5.41) is 2.27. The van der Waals surface area contributed by atoms with Crippen LogP contribution in [0.3, 0.4) is 0 Å². The predicted molar refractivity (Wildman–Crippen MR) is 301 cm³/mol. The molecule has 2 heteroatoms. The molecule has 0 saturated carbocycles. The molecule has 0 saturated heterocycles. The van der Waals surface area contributed by atoms with Gasteiger partial charge in [-0.25, -0.2) is 0 Å². The van der Waals surface area contributed by atoms with Crippen LogP contribution in [-0.2, 0) is 10.8 Å². The minimum Gasteiger partial charge on any atom is -0.334 e. The lowest BCUT2D eigenvalue weighted by Gasteiger charge is -2.44. The largest absolute Gasteiger partial charge is 0.334 e. The maximum Gasteiger partial charge on any atom is 0.0560 e. The van der Waals surface area contributed by atoms with Crippen LogP contribution in [0.15, 0.2) is 248 Å². The van der Waals surface area contributed by atoms with E-state index in [4.69, 9.17) is 6.58 Å². The van der Waals surface area contributed by atoms with E-state index in [9.17, 15) is 0 Å². The molecular formula is C68H62N2. The van der Waals surface area contributed by atoms with Crippen LogP contribution in [0.4, 0.5) is 28.4 Å². The minimum atomic E-state index is -0.172. The molecule has 70 heavy (non-hydrogen) atoms. The highest BCUT2D eigenvalue weighted by atomic mass is 15.2. The van der Waals surface area contributed by atoms with Crippen LogP contribution in [-0.4, -0.2) is 6.04 Å². The van der Waals surface area contributed by atoms with Gasteiger partial charge in [0.2, 0.25) is 0 Å². The number of benzene rings is 7.